The van der Waals surface area contributed by atoms with Crippen LogP contribution in [0.4, 0.5) is 11.4 Å². The molecular weight excluding hydrogens is 164 g/mol. The Hall–Kier alpha value is -1.26. The van der Waals surface area contributed by atoms with Crippen molar-refractivity contribution >= 4 is 11.4 Å². The molecule has 0 amide bonds. The number of hydrogen-bond acceptors (Lipinski definition) is 4. The number of benzene rings is 1. The summed E-state index contributed by atoms with van der Waals surface area (Å²) in [5.74, 6) is 0. The molecule has 72 valence electrons. The van der Waals surface area contributed by atoms with Crippen LogP contribution >= 0.6 is 0 Å². The van der Waals surface area contributed by atoms with Crippen LogP contribution in [-0.2, 0) is 0 Å². The average molecular weight is 180 g/mol. The molecule has 1 atom stereocenters. The highest BCUT2D eigenvalue weighted by Crippen LogP contribution is 2.25. The Balaban J connectivity index is 2.93. The van der Waals surface area contributed by atoms with Crippen LogP contribution in [0.3, 0.4) is 0 Å². The number of para-hydroxylation sites is 1. The lowest BCUT2D eigenvalue weighted by Gasteiger charge is -2.14. The molecule has 4 heteroatoms. The van der Waals surface area contributed by atoms with E-state index in [0.29, 0.717) is 24.3 Å². The first-order chi connectivity index (χ1) is 6.16. The highest BCUT2D eigenvalue weighted by Gasteiger charge is 2.09. The van der Waals surface area contributed by atoms with Crippen LogP contribution in [0.1, 0.15) is 18.0 Å². The van der Waals surface area contributed by atoms with Crippen LogP contribution < -0.4 is 22.9 Å². The van der Waals surface area contributed by atoms with Gasteiger partial charge in [0.05, 0.1) is 11.4 Å². The van der Waals surface area contributed by atoms with E-state index < -0.39 is 0 Å². The molecule has 1 aromatic rings. The molecular formula is C9H16N4. The molecule has 0 spiro atoms. The van der Waals surface area contributed by atoms with Gasteiger partial charge in [-0.25, -0.2) is 0 Å². The SMILES string of the molecule is NCCC(N)c1cccc(N)c1N. The van der Waals surface area contributed by atoms with Crippen molar-refractivity contribution in [3.05, 3.63) is 23.8 Å². The van der Waals surface area contributed by atoms with E-state index in [0.717, 1.165) is 5.56 Å². The van der Waals surface area contributed by atoms with Gasteiger partial charge < -0.3 is 22.9 Å². The van der Waals surface area contributed by atoms with Crippen molar-refractivity contribution in [3.63, 3.8) is 0 Å². The van der Waals surface area contributed by atoms with Crippen molar-refractivity contribution in [2.75, 3.05) is 18.0 Å². The first-order valence-electron chi connectivity index (χ1n) is 4.26. The second-order valence-corrected chi connectivity index (χ2v) is 3.03. The minimum Gasteiger partial charge on any atom is -0.397 e. The van der Waals surface area contributed by atoms with Gasteiger partial charge in [0.25, 0.3) is 0 Å². The van der Waals surface area contributed by atoms with Crippen molar-refractivity contribution in [1.82, 2.24) is 0 Å². The van der Waals surface area contributed by atoms with Gasteiger partial charge in [0.2, 0.25) is 0 Å². The van der Waals surface area contributed by atoms with E-state index in [1.165, 1.54) is 0 Å². The molecule has 0 aliphatic rings. The van der Waals surface area contributed by atoms with Crippen LogP contribution in [0.5, 0.6) is 0 Å². The molecule has 0 bridgehead atoms. The van der Waals surface area contributed by atoms with E-state index >= 15 is 0 Å². The molecule has 1 aromatic carbocycles. The second-order valence-electron chi connectivity index (χ2n) is 3.03. The van der Waals surface area contributed by atoms with Crippen LogP contribution in [0.2, 0.25) is 0 Å². The quantitative estimate of drug-likeness (QED) is 0.499. The summed E-state index contributed by atoms with van der Waals surface area (Å²) in [6, 6.07) is 5.37. The van der Waals surface area contributed by atoms with Crippen molar-refractivity contribution in [3.8, 4) is 0 Å². The van der Waals surface area contributed by atoms with Crippen LogP contribution in [-0.4, -0.2) is 6.54 Å². The number of nitrogens with two attached hydrogens (primary N) is 4. The van der Waals surface area contributed by atoms with E-state index in [4.69, 9.17) is 22.9 Å². The third-order valence-electron chi connectivity index (χ3n) is 2.05. The van der Waals surface area contributed by atoms with Gasteiger partial charge in [-0.1, -0.05) is 12.1 Å². The molecule has 0 aromatic heterocycles. The fourth-order valence-corrected chi connectivity index (χ4v) is 1.26. The van der Waals surface area contributed by atoms with Crippen LogP contribution in [0.25, 0.3) is 0 Å². The zero-order chi connectivity index (χ0) is 9.84. The lowest BCUT2D eigenvalue weighted by molar-refractivity contribution is 0.663. The molecule has 0 radical (unpaired) electrons. The number of anilines is 2. The van der Waals surface area contributed by atoms with Crippen molar-refractivity contribution in [2.24, 2.45) is 11.5 Å². The molecule has 1 rings (SSSR count). The minimum absolute atomic E-state index is 0.117. The Kier molecular flexibility index (Phi) is 3.11. The Labute approximate surface area is 77.9 Å². The van der Waals surface area contributed by atoms with E-state index in [9.17, 15) is 0 Å². The molecule has 1 unspecified atom stereocenters. The monoisotopic (exact) mass is 180 g/mol. The standard InChI is InChI=1S/C9H16N4/c10-5-4-7(11)6-2-1-3-8(12)9(6)13/h1-3,7H,4-5,10-13H2. The maximum absolute atomic E-state index is 5.86. The van der Waals surface area contributed by atoms with Crippen molar-refractivity contribution in [1.29, 1.82) is 0 Å². The Morgan fingerprint density at radius 2 is 1.92 bits per heavy atom. The van der Waals surface area contributed by atoms with Gasteiger partial charge in [-0.3, -0.25) is 0 Å². The summed E-state index contributed by atoms with van der Waals surface area (Å²) in [4.78, 5) is 0. The maximum Gasteiger partial charge on any atom is 0.0596 e. The summed E-state index contributed by atoms with van der Waals surface area (Å²) in [6.45, 7) is 0.551. The Bertz CT molecular complexity index is 285. The largest absolute Gasteiger partial charge is 0.397 e. The lowest BCUT2D eigenvalue weighted by atomic mass is 10.0. The predicted molar refractivity (Wildman–Crippen MR) is 55.9 cm³/mol. The maximum atomic E-state index is 5.86. The van der Waals surface area contributed by atoms with E-state index in [2.05, 4.69) is 0 Å². The molecule has 8 N–H and O–H groups in total. The summed E-state index contributed by atoms with van der Waals surface area (Å²) in [5, 5.41) is 0. The molecule has 0 heterocycles. The third-order valence-corrected chi connectivity index (χ3v) is 2.05. The van der Waals surface area contributed by atoms with Crippen LogP contribution in [0.15, 0.2) is 18.2 Å². The summed E-state index contributed by atoms with van der Waals surface area (Å²) in [6.07, 6.45) is 0.716. The normalized spacial score (nSPS) is 12.8. The third kappa shape index (κ3) is 2.11. The summed E-state index contributed by atoms with van der Waals surface area (Å²) in [5.41, 5.74) is 24.7. The minimum atomic E-state index is -0.117. The molecule has 0 aliphatic heterocycles. The van der Waals surface area contributed by atoms with Gasteiger partial charge in [-0.2, -0.15) is 0 Å². The van der Waals surface area contributed by atoms with Crippen LogP contribution in [0, 0.1) is 0 Å². The van der Waals surface area contributed by atoms with E-state index in [1.807, 2.05) is 12.1 Å². The zero-order valence-electron chi connectivity index (χ0n) is 7.53. The van der Waals surface area contributed by atoms with Gasteiger partial charge in [-0.15, -0.1) is 0 Å². The first kappa shape index (κ1) is 9.83. The number of hydrogen-bond donors (Lipinski definition) is 4. The lowest BCUT2D eigenvalue weighted by Crippen LogP contribution is -2.17. The summed E-state index contributed by atoms with van der Waals surface area (Å²) < 4.78 is 0. The van der Waals surface area contributed by atoms with Gasteiger partial charge >= 0.3 is 0 Å². The average Bonchev–Trinajstić information content (AvgIpc) is 2.10. The van der Waals surface area contributed by atoms with Gasteiger partial charge in [0.15, 0.2) is 0 Å². The Morgan fingerprint density at radius 1 is 1.23 bits per heavy atom. The topological polar surface area (TPSA) is 104 Å². The molecule has 0 saturated heterocycles. The van der Waals surface area contributed by atoms with Gasteiger partial charge in [-0.05, 0) is 24.6 Å². The van der Waals surface area contributed by atoms with Gasteiger partial charge in [0, 0.05) is 6.04 Å². The predicted octanol–water partition coefficient (Wildman–Crippen LogP) is 0.200. The molecule has 13 heavy (non-hydrogen) atoms. The highest BCUT2D eigenvalue weighted by molar-refractivity contribution is 5.67. The van der Waals surface area contributed by atoms with Crippen molar-refractivity contribution in [2.45, 2.75) is 12.5 Å². The fraction of sp³-hybridized carbons (Fsp3) is 0.333. The smallest absolute Gasteiger partial charge is 0.0596 e. The number of rotatable bonds is 3. The summed E-state index contributed by atoms with van der Waals surface area (Å²) >= 11 is 0. The molecule has 0 aliphatic carbocycles. The number of nitrogen functional groups attached to an aromatic ring is 2. The Morgan fingerprint density at radius 3 is 2.54 bits per heavy atom. The molecule has 4 nitrogen and oxygen atoms in total. The van der Waals surface area contributed by atoms with E-state index in [-0.39, 0.29) is 6.04 Å². The fourth-order valence-electron chi connectivity index (χ4n) is 1.26. The first-order valence-corrected chi connectivity index (χ1v) is 4.26. The molecule has 0 saturated carbocycles. The second kappa shape index (κ2) is 4.11. The molecule has 0 fully saturated rings. The van der Waals surface area contributed by atoms with Crippen molar-refractivity contribution < 1.29 is 0 Å². The summed E-state index contributed by atoms with van der Waals surface area (Å²) in [7, 11) is 0. The van der Waals surface area contributed by atoms with Gasteiger partial charge in [0.1, 0.15) is 0 Å². The zero-order valence-corrected chi connectivity index (χ0v) is 7.53. The highest BCUT2D eigenvalue weighted by atomic mass is 14.7. The van der Waals surface area contributed by atoms with E-state index in [1.54, 1.807) is 6.07 Å².